The summed E-state index contributed by atoms with van der Waals surface area (Å²) in [5.74, 6) is 0.498. The first-order valence-electron chi connectivity index (χ1n) is 8.15. The van der Waals surface area contributed by atoms with E-state index >= 15 is 0 Å². The average molecular weight is 375 g/mol. The predicted octanol–water partition coefficient (Wildman–Crippen LogP) is 3.49. The summed E-state index contributed by atoms with van der Waals surface area (Å²) in [4.78, 5) is 26.8. The van der Waals surface area contributed by atoms with Gasteiger partial charge in [-0.3, -0.25) is 14.5 Å². The summed E-state index contributed by atoms with van der Waals surface area (Å²) < 4.78 is 10.7. The number of halogens is 1. The molecule has 0 saturated carbocycles. The van der Waals surface area contributed by atoms with Crippen molar-refractivity contribution in [3.63, 3.8) is 0 Å². The second-order valence-corrected chi connectivity index (χ2v) is 6.36. The summed E-state index contributed by atoms with van der Waals surface area (Å²) in [5.41, 5.74) is 1.10. The third kappa shape index (κ3) is 3.32. The molecule has 0 fully saturated rings. The van der Waals surface area contributed by atoms with Gasteiger partial charge in [0, 0.05) is 5.69 Å². The van der Waals surface area contributed by atoms with E-state index < -0.39 is 12.1 Å². The van der Waals surface area contributed by atoms with Crippen molar-refractivity contribution >= 4 is 34.8 Å². The van der Waals surface area contributed by atoms with Gasteiger partial charge in [-0.2, -0.15) is 0 Å². The van der Waals surface area contributed by atoms with Crippen LogP contribution < -0.4 is 19.7 Å². The van der Waals surface area contributed by atoms with Crippen molar-refractivity contribution in [3.05, 3.63) is 47.5 Å². The van der Waals surface area contributed by atoms with E-state index in [0.29, 0.717) is 27.9 Å². The van der Waals surface area contributed by atoms with Gasteiger partial charge in [0.15, 0.2) is 6.10 Å². The number of para-hydroxylation sites is 2. The molecule has 1 heterocycles. The first-order chi connectivity index (χ1) is 12.4. The molecule has 7 heteroatoms. The number of carbonyl (C=O) groups is 2. The third-order valence-electron chi connectivity index (χ3n) is 4.20. The number of nitrogens with one attached hydrogen (secondary N) is 1. The molecule has 0 bridgehead atoms. The van der Waals surface area contributed by atoms with E-state index in [1.54, 1.807) is 50.2 Å². The number of amides is 2. The Bertz CT molecular complexity index is 855. The Morgan fingerprint density at radius 3 is 2.73 bits per heavy atom. The maximum absolute atomic E-state index is 12.7. The molecule has 2 atom stereocenters. The molecule has 0 spiro atoms. The minimum absolute atomic E-state index is 0.265. The molecule has 2 aromatic rings. The van der Waals surface area contributed by atoms with Crippen LogP contribution in [-0.4, -0.2) is 31.1 Å². The number of carbonyl (C=O) groups excluding carboxylic acids is 2. The van der Waals surface area contributed by atoms with Crippen molar-refractivity contribution in [3.8, 4) is 11.5 Å². The van der Waals surface area contributed by atoms with Gasteiger partial charge < -0.3 is 14.8 Å². The molecule has 0 saturated heterocycles. The fraction of sp³-hybridized carbons (Fsp3) is 0.263. The highest BCUT2D eigenvalue weighted by Gasteiger charge is 2.37. The number of benzene rings is 2. The number of anilines is 2. The van der Waals surface area contributed by atoms with Crippen LogP contribution in [0, 0.1) is 0 Å². The number of hydrogen-bond acceptors (Lipinski definition) is 4. The first-order valence-corrected chi connectivity index (χ1v) is 8.53. The highest BCUT2D eigenvalue weighted by molar-refractivity contribution is 6.32. The molecule has 26 heavy (non-hydrogen) atoms. The van der Waals surface area contributed by atoms with E-state index in [2.05, 4.69) is 5.32 Å². The standard InChI is InChI=1S/C19H19ClN2O4/c1-11(18(23)21-13-8-9-16(25-3)14(20)10-13)22-15-6-4-5-7-17(15)26-12(2)19(22)24/h4-12H,1-3H3,(H,21,23). The van der Waals surface area contributed by atoms with E-state index in [9.17, 15) is 9.59 Å². The highest BCUT2D eigenvalue weighted by atomic mass is 35.5. The van der Waals surface area contributed by atoms with Gasteiger partial charge in [0.25, 0.3) is 5.91 Å². The van der Waals surface area contributed by atoms with E-state index in [4.69, 9.17) is 21.1 Å². The van der Waals surface area contributed by atoms with Gasteiger partial charge in [0.2, 0.25) is 5.91 Å². The van der Waals surface area contributed by atoms with Crippen LogP contribution in [0.1, 0.15) is 13.8 Å². The molecule has 2 unspecified atom stereocenters. The van der Waals surface area contributed by atoms with Crippen molar-refractivity contribution in [2.75, 3.05) is 17.3 Å². The zero-order chi connectivity index (χ0) is 18.8. The molecule has 2 amide bonds. The summed E-state index contributed by atoms with van der Waals surface area (Å²) in [6.07, 6.45) is -0.657. The van der Waals surface area contributed by atoms with Gasteiger partial charge in [-0.15, -0.1) is 0 Å². The number of rotatable bonds is 4. The maximum atomic E-state index is 12.7. The summed E-state index contributed by atoms with van der Waals surface area (Å²) in [7, 11) is 1.52. The molecule has 1 N–H and O–H groups in total. The fourth-order valence-corrected chi connectivity index (χ4v) is 3.08. The van der Waals surface area contributed by atoms with E-state index in [0.717, 1.165) is 0 Å². The molecule has 0 radical (unpaired) electrons. The zero-order valence-electron chi connectivity index (χ0n) is 14.7. The Morgan fingerprint density at radius 2 is 2.04 bits per heavy atom. The monoisotopic (exact) mass is 374 g/mol. The Balaban J connectivity index is 1.84. The van der Waals surface area contributed by atoms with E-state index in [-0.39, 0.29) is 11.8 Å². The fourth-order valence-electron chi connectivity index (χ4n) is 2.82. The van der Waals surface area contributed by atoms with Crippen molar-refractivity contribution in [2.45, 2.75) is 26.0 Å². The highest BCUT2D eigenvalue weighted by Crippen LogP contribution is 2.35. The van der Waals surface area contributed by atoms with Crippen molar-refractivity contribution in [2.24, 2.45) is 0 Å². The smallest absolute Gasteiger partial charge is 0.268 e. The van der Waals surface area contributed by atoms with Crippen LogP contribution in [0.15, 0.2) is 42.5 Å². The Hall–Kier alpha value is -2.73. The van der Waals surface area contributed by atoms with Gasteiger partial charge in [-0.05, 0) is 44.2 Å². The second-order valence-electron chi connectivity index (χ2n) is 5.95. The summed E-state index contributed by atoms with van der Waals surface area (Å²) in [6.45, 7) is 3.34. The van der Waals surface area contributed by atoms with Crippen LogP contribution in [0.5, 0.6) is 11.5 Å². The third-order valence-corrected chi connectivity index (χ3v) is 4.50. The van der Waals surface area contributed by atoms with Crippen LogP contribution in [0.3, 0.4) is 0 Å². The Labute approximate surface area is 156 Å². The molecule has 0 aliphatic carbocycles. The largest absolute Gasteiger partial charge is 0.495 e. The molecule has 2 aromatic carbocycles. The lowest BCUT2D eigenvalue weighted by Gasteiger charge is -2.36. The van der Waals surface area contributed by atoms with Gasteiger partial charge in [-0.25, -0.2) is 0 Å². The van der Waals surface area contributed by atoms with Crippen LogP contribution in [0.4, 0.5) is 11.4 Å². The molecular weight excluding hydrogens is 356 g/mol. The minimum Gasteiger partial charge on any atom is -0.495 e. The first kappa shape index (κ1) is 18.1. The predicted molar refractivity (Wildman–Crippen MR) is 100 cm³/mol. The van der Waals surface area contributed by atoms with Gasteiger partial charge in [-0.1, -0.05) is 23.7 Å². The normalized spacial score (nSPS) is 17.2. The topological polar surface area (TPSA) is 67.9 Å². The number of methoxy groups -OCH3 is 1. The van der Waals surface area contributed by atoms with Crippen molar-refractivity contribution in [1.82, 2.24) is 0 Å². The van der Waals surface area contributed by atoms with E-state index in [1.165, 1.54) is 12.0 Å². The van der Waals surface area contributed by atoms with Gasteiger partial charge >= 0.3 is 0 Å². The second kappa shape index (κ2) is 7.25. The Kier molecular flexibility index (Phi) is 5.04. The quantitative estimate of drug-likeness (QED) is 0.889. The number of hydrogen-bond donors (Lipinski definition) is 1. The number of fused-ring (bicyclic) bond motifs is 1. The van der Waals surface area contributed by atoms with Crippen LogP contribution in [0.2, 0.25) is 5.02 Å². The number of nitrogens with zero attached hydrogens (tertiary/aromatic N) is 1. The van der Waals surface area contributed by atoms with Crippen LogP contribution in [-0.2, 0) is 9.59 Å². The average Bonchev–Trinajstić information content (AvgIpc) is 2.62. The van der Waals surface area contributed by atoms with Crippen molar-refractivity contribution < 1.29 is 19.1 Å². The SMILES string of the molecule is COc1ccc(NC(=O)C(C)N2C(=O)C(C)Oc3ccccc32)cc1Cl. The zero-order valence-corrected chi connectivity index (χ0v) is 15.4. The lowest BCUT2D eigenvalue weighted by molar-refractivity contribution is -0.128. The summed E-state index contributed by atoms with van der Waals surface area (Å²) >= 11 is 6.09. The maximum Gasteiger partial charge on any atom is 0.268 e. The van der Waals surface area contributed by atoms with Crippen LogP contribution in [0.25, 0.3) is 0 Å². The molecular formula is C19H19ClN2O4. The molecule has 1 aliphatic rings. The lowest BCUT2D eigenvalue weighted by Crippen LogP contribution is -2.52. The summed E-state index contributed by atoms with van der Waals surface area (Å²) in [6, 6.07) is 11.4. The molecule has 3 rings (SSSR count). The van der Waals surface area contributed by atoms with E-state index in [1.807, 2.05) is 6.07 Å². The Morgan fingerprint density at radius 1 is 1.31 bits per heavy atom. The van der Waals surface area contributed by atoms with Gasteiger partial charge in [0.1, 0.15) is 17.5 Å². The van der Waals surface area contributed by atoms with Crippen LogP contribution >= 0.6 is 11.6 Å². The molecule has 1 aliphatic heterocycles. The molecule has 136 valence electrons. The van der Waals surface area contributed by atoms with Crippen molar-refractivity contribution in [1.29, 1.82) is 0 Å². The minimum atomic E-state index is -0.726. The number of ether oxygens (including phenoxy) is 2. The molecule has 6 nitrogen and oxygen atoms in total. The lowest BCUT2D eigenvalue weighted by atomic mass is 10.1. The molecule has 0 aromatic heterocycles. The van der Waals surface area contributed by atoms with Gasteiger partial charge in [0.05, 0.1) is 17.8 Å². The summed E-state index contributed by atoms with van der Waals surface area (Å²) in [5, 5.41) is 3.17.